The third kappa shape index (κ3) is 4.76. The lowest BCUT2D eigenvalue weighted by molar-refractivity contribution is -0.137. The minimum atomic E-state index is -4.55. The molecule has 27 heavy (non-hydrogen) atoms. The summed E-state index contributed by atoms with van der Waals surface area (Å²) in [4.78, 5) is 20.2. The molecule has 1 amide bonds. The molecular weight excluding hydrogens is 385 g/mol. The summed E-state index contributed by atoms with van der Waals surface area (Å²) in [6.07, 6.45) is -0.493. The van der Waals surface area contributed by atoms with Crippen molar-refractivity contribution in [2.75, 3.05) is 10.6 Å². The Balaban J connectivity index is 1.67. The van der Waals surface area contributed by atoms with Gasteiger partial charge in [-0.25, -0.2) is 9.97 Å². The number of furan rings is 1. The van der Waals surface area contributed by atoms with Gasteiger partial charge >= 0.3 is 6.18 Å². The fourth-order valence-electron chi connectivity index (χ4n) is 2.11. The van der Waals surface area contributed by atoms with Crippen LogP contribution in [-0.2, 0) is 12.7 Å². The van der Waals surface area contributed by atoms with Gasteiger partial charge in [-0.1, -0.05) is 11.6 Å². The monoisotopic (exact) mass is 396 g/mol. The molecule has 6 nitrogen and oxygen atoms in total. The SMILES string of the molecule is O=C(Nc1cc(C(F)(F)F)ccc1Cl)c1cnc(NCc2ccco2)cn1. The second-order valence-corrected chi connectivity index (χ2v) is 5.77. The lowest BCUT2D eigenvalue weighted by Crippen LogP contribution is -2.15. The summed E-state index contributed by atoms with van der Waals surface area (Å²) in [7, 11) is 0. The number of hydrogen-bond donors (Lipinski definition) is 2. The van der Waals surface area contributed by atoms with Gasteiger partial charge in [0, 0.05) is 0 Å². The molecule has 0 bridgehead atoms. The lowest BCUT2D eigenvalue weighted by Gasteiger charge is -2.11. The van der Waals surface area contributed by atoms with Gasteiger partial charge < -0.3 is 15.1 Å². The Kier molecular flexibility index (Phi) is 5.31. The van der Waals surface area contributed by atoms with Crippen LogP contribution >= 0.6 is 11.6 Å². The first-order valence-corrected chi connectivity index (χ1v) is 7.97. The van der Waals surface area contributed by atoms with E-state index in [1.807, 2.05) is 0 Å². The van der Waals surface area contributed by atoms with Crippen LogP contribution in [0.2, 0.25) is 5.02 Å². The average molecular weight is 397 g/mol. The van der Waals surface area contributed by atoms with Crippen molar-refractivity contribution in [3.63, 3.8) is 0 Å². The zero-order valence-corrected chi connectivity index (χ0v) is 14.3. The fourth-order valence-corrected chi connectivity index (χ4v) is 2.28. The number of aromatic nitrogens is 2. The third-order valence-electron chi connectivity index (χ3n) is 3.45. The van der Waals surface area contributed by atoms with Crippen LogP contribution in [0.1, 0.15) is 21.8 Å². The minimum absolute atomic E-state index is 0.0268. The second kappa shape index (κ2) is 7.67. The fraction of sp³-hybridized carbons (Fsp3) is 0.118. The van der Waals surface area contributed by atoms with Gasteiger partial charge in [-0.3, -0.25) is 4.79 Å². The van der Waals surface area contributed by atoms with Crippen molar-refractivity contribution < 1.29 is 22.4 Å². The van der Waals surface area contributed by atoms with Gasteiger partial charge in [0.2, 0.25) is 0 Å². The molecule has 0 atom stereocenters. The highest BCUT2D eigenvalue weighted by atomic mass is 35.5. The summed E-state index contributed by atoms with van der Waals surface area (Å²) < 4.78 is 43.5. The van der Waals surface area contributed by atoms with Crippen molar-refractivity contribution >= 4 is 29.0 Å². The Bertz CT molecular complexity index is 928. The second-order valence-electron chi connectivity index (χ2n) is 5.37. The van der Waals surface area contributed by atoms with Crippen LogP contribution in [0.15, 0.2) is 53.4 Å². The van der Waals surface area contributed by atoms with Crippen LogP contribution < -0.4 is 10.6 Å². The van der Waals surface area contributed by atoms with Gasteiger partial charge in [-0.15, -0.1) is 0 Å². The van der Waals surface area contributed by atoms with Crippen molar-refractivity contribution in [1.29, 1.82) is 0 Å². The Labute approximate surface area is 156 Å². The Morgan fingerprint density at radius 2 is 2.00 bits per heavy atom. The largest absolute Gasteiger partial charge is 0.467 e. The average Bonchev–Trinajstić information content (AvgIpc) is 3.15. The molecule has 0 radical (unpaired) electrons. The van der Waals surface area contributed by atoms with E-state index in [2.05, 4.69) is 20.6 Å². The molecule has 10 heteroatoms. The molecule has 0 spiro atoms. The summed E-state index contributed by atoms with van der Waals surface area (Å²) in [6, 6.07) is 6.17. The van der Waals surface area contributed by atoms with E-state index in [1.54, 1.807) is 12.1 Å². The quantitative estimate of drug-likeness (QED) is 0.658. The van der Waals surface area contributed by atoms with Crippen LogP contribution in [0.4, 0.5) is 24.7 Å². The van der Waals surface area contributed by atoms with Gasteiger partial charge in [0.1, 0.15) is 17.3 Å². The number of rotatable bonds is 5. The van der Waals surface area contributed by atoms with Gasteiger partial charge in [0.25, 0.3) is 5.91 Å². The topological polar surface area (TPSA) is 80.0 Å². The molecular formula is C17H12ClF3N4O2. The number of amides is 1. The van der Waals surface area contributed by atoms with Crippen LogP contribution in [-0.4, -0.2) is 15.9 Å². The molecule has 0 aliphatic rings. The number of anilines is 2. The van der Waals surface area contributed by atoms with Crippen molar-refractivity contribution in [1.82, 2.24) is 9.97 Å². The predicted molar refractivity (Wildman–Crippen MR) is 92.5 cm³/mol. The minimum Gasteiger partial charge on any atom is -0.467 e. The highest BCUT2D eigenvalue weighted by Crippen LogP contribution is 2.33. The normalized spacial score (nSPS) is 11.3. The van der Waals surface area contributed by atoms with E-state index in [0.29, 0.717) is 18.1 Å². The highest BCUT2D eigenvalue weighted by molar-refractivity contribution is 6.33. The van der Waals surface area contributed by atoms with Gasteiger partial charge in [-0.05, 0) is 30.3 Å². The van der Waals surface area contributed by atoms with E-state index in [4.69, 9.17) is 16.0 Å². The maximum atomic E-state index is 12.8. The molecule has 140 valence electrons. The van der Waals surface area contributed by atoms with Crippen molar-refractivity contribution in [3.05, 3.63) is 71.0 Å². The molecule has 0 fully saturated rings. The van der Waals surface area contributed by atoms with E-state index in [0.717, 1.165) is 18.2 Å². The molecule has 0 saturated heterocycles. The number of hydrogen-bond acceptors (Lipinski definition) is 5. The van der Waals surface area contributed by atoms with E-state index < -0.39 is 17.6 Å². The number of nitrogens with zero attached hydrogens (tertiary/aromatic N) is 2. The Morgan fingerprint density at radius 3 is 2.63 bits per heavy atom. The van der Waals surface area contributed by atoms with Gasteiger partial charge in [-0.2, -0.15) is 13.2 Å². The number of carbonyl (C=O) groups is 1. The van der Waals surface area contributed by atoms with E-state index in [9.17, 15) is 18.0 Å². The molecule has 0 saturated carbocycles. The maximum absolute atomic E-state index is 12.8. The Morgan fingerprint density at radius 1 is 1.19 bits per heavy atom. The molecule has 3 rings (SSSR count). The van der Waals surface area contributed by atoms with Gasteiger partial charge in [0.05, 0.1) is 41.5 Å². The first-order valence-electron chi connectivity index (χ1n) is 7.59. The number of benzene rings is 1. The van der Waals surface area contributed by atoms with Crippen molar-refractivity contribution in [2.24, 2.45) is 0 Å². The first kappa shape index (κ1) is 18.7. The first-order chi connectivity index (χ1) is 12.8. The number of nitrogens with one attached hydrogen (secondary N) is 2. The van der Waals surface area contributed by atoms with Crippen molar-refractivity contribution in [3.8, 4) is 0 Å². The molecule has 2 aromatic heterocycles. The van der Waals surface area contributed by atoms with Gasteiger partial charge in [0.15, 0.2) is 0 Å². The number of alkyl halides is 3. The summed E-state index contributed by atoms with van der Waals surface area (Å²) in [6.45, 7) is 0.382. The molecule has 0 unspecified atom stereocenters. The van der Waals surface area contributed by atoms with Crippen molar-refractivity contribution in [2.45, 2.75) is 12.7 Å². The summed E-state index contributed by atoms with van der Waals surface area (Å²) in [5, 5.41) is 5.23. The summed E-state index contributed by atoms with van der Waals surface area (Å²) >= 11 is 5.86. The zero-order chi connectivity index (χ0) is 19.4. The maximum Gasteiger partial charge on any atom is 0.416 e. The molecule has 0 aliphatic carbocycles. The lowest BCUT2D eigenvalue weighted by atomic mass is 10.2. The van der Waals surface area contributed by atoms with E-state index in [1.165, 1.54) is 18.7 Å². The summed E-state index contributed by atoms with van der Waals surface area (Å²) in [5.74, 6) is 0.360. The van der Waals surface area contributed by atoms with Crippen LogP contribution in [0, 0.1) is 0 Å². The molecule has 1 aromatic carbocycles. The number of carbonyl (C=O) groups excluding carboxylic acids is 1. The molecule has 2 N–H and O–H groups in total. The summed E-state index contributed by atoms with van der Waals surface area (Å²) in [5.41, 5.74) is -1.17. The van der Waals surface area contributed by atoms with E-state index >= 15 is 0 Å². The van der Waals surface area contributed by atoms with Crippen LogP contribution in [0.25, 0.3) is 0 Å². The molecule has 3 aromatic rings. The molecule has 2 heterocycles. The van der Waals surface area contributed by atoms with Crippen LogP contribution in [0.3, 0.4) is 0 Å². The Hall–Kier alpha value is -3.07. The van der Waals surface area contributed by atoms with Crippen LogP contribution in [0.5, 0.6) is 0 Å². The van der Waals surface area contributed by atoms with E-state index in [-0.39, 0.29) is 16.4 Å². The standard InChI is InChI=1S/C17H12ClF3N4O2/c18-12-4-3-10(17(19,20)21)6-13(12)25-16(26)14-8-24-15(9-22-14)23-7-11-2-1-5-27-11/h1-6,8-9H,7H2,(H,23,24)(H,25,26). The smallest absolute Gasteiger partial charge is 0.416 e. The number of halogens is 4. The predicted octanol–water partition coefficient (Wildman–Crippen LogP) is 4.61. The third-order valence-corrected chi connectivity index (χ3v) is 3.78. The zero-order valence-electron chi connectivity index (χ0n) is 13.5. The highest BCUT2D eigenvalue weighted by Gasteiger charge is 2.31. The molecule has 0 aliphatic heterocycles.